The second kappa shape index (κ2) is 40.7. The Kier molecular flexibility index (Phi) is 31.6. The number of anilines is 3. The van der Waals surface area contributed by atoms with Crippen LogP contribution in [0.4, 0.5) is 25.0 Å². The molecule has 0 spiro atoms. The molecule has 0 aliphatic carbocycles. The molecule has 12 aromatic rings. The van der Waals surface area contributed by atoms with Crippen LogP contribution in [0.1, 0.15) is 80.1 Å². The van der Waals surface area contributed by atoms with Crippen molar-refractivity contribution in [2.75, 3.05) is 103 Å². The molecule has 0 bridgehead atoms. The molecule has 119 heavy (non-hydrogen) atoms. The molecule has 12 heterocycles. The maximum Gasteiger partial charge on any atom is 0.488 e. The van der Waals surface area contributed by atoms with Crippen molar-refractivity contribution in [1.82, 2.24) is 58.7 Å². The van der Waals surface area contributed by atoms with Crippen LogP contribution in [0.5, 0.6) is 17.2 Å². The van der Waals surface area contributed by atoms with E-state index < -0.39 is 18.3 Å². The van der Waals surface area contributed by atoms with Crippen LogP contribution >= 0.6 is 104 Å². The second-order valence-electron chi connectivity index (χ2n) is 30.3. The van der Waals surface area contributed by atoms with E-state index in [9.17, 15) is 29.1 Å². The van der Waals surface area contributed by atoms with E-state index in [1.165, 1.54) is 66.0 Å². The van der Waals surface area contributed by atoms with E-state index in [1.807, 2.05) is 96.1 Å². The van der Waals surface area contributed by atoms with Crippen molar-refractivity contribution in [2.24, 2.45) is 21.1 Å². The molecule has 29 nitrogen and oxygen atoms in total. The molecule has 636 valence electrons. The minimum absolute atomic E-state index is 0. The molecule has 4 N–H and O–H groups in total. The second-order valence-corrected chi connectivity index (χ2v) is 36.5. The number of phenolic OH excluding ortho intramolecular Hbond substituents is 1. The number of methoxy groups -OCH3 is 2. The van der Waals surface area contributed by atoms with Gasteiger partial charge in [-0.3, -0.25) is 14.4 Å². The first-order valence-corrected chi connectivity index (χ1v) is 43.1. The highest BCUT2D eigenvalue weighted by Crippen LogP contribution is 2.45. The molecule has 3 aromatic carbocycles. The number of thiazole rings is 6. The number of benzene rings is 3. The van der Waals surface area contributed by atoms with Crippen molar-refractivity contribution in [3.8, 4) is 71.2 Å². The van der Waals surface area contributed by atoms with Gasteiger partial charge in [-0.05, 0) is 182 Å². The number of ether oxygens (including phenoxy) is 6. The third kappa shape index (κ3) is 23.5. The van der Waals surface area contributed by atoms with Gasteiger partial charge in [-0.1, -0.05) is 91.8 Å². The van der Waals surface area contributed by atoms with Crippen LogP contribution in [0.15, 0.2) is 124 Å². The average molecular weight is 1800 g/mol. The zero-order valence-corrected chi connectivity index (χ0v) is 75.6. The summed E-state index contributed by atoms with van der Waals surface area (Å²) >= 11 is 15.4. The van der Waals surface area contributed by atoms with Gasteiger partial charge >= 0.3 is 19.3 Å². The molecular weight excluding hydrogens is 1700 g/mol. The molecule has 0 radical (unpaired) electrons. The van der Waals surface area contributed by atoms with Gasteiger partial charge in [-0.25, -0.2) is 39.5 Å². The number of hydrogen-bond donors (Lipinski definition) is 4. The maximum atomic E-state index is 12.4. The minimum Gasteiger partial charge on any atom is -0.507 e. The van der Waals surface area contributed by atoms with Crippen LogP contribution in [-0.4, -0.2) is 205 Å². The van der Waals surface area contributed by atoms with E-state index in [1.54, 1.807) is 116 Å². The summed E-state index contributed by atoms with van der Waals surface area (Å²) in [6, 6.07) is 27.5. The topological polar surface area (TPSA) is 322 Å². The number of phenols is 1. The number of nitrogens with zero attached hydrogens (tertiary/aromatic N) is 14. The molecule has 0 unspecified atom stereocenters. The SMILES string of the molecule is CN(c1nc2sc(-c3ccc(-c4ccn(C)c(=O)c4)cc3O)nc2s1)C1CCNCC1.COCOc1cc(-c2ccn(C)c(=O)c2)ccc1-c1nc2sc(N(C)C3CCN(C(=O)OC(C)(C)C)CC3)nc2s1.COCOc1cc(Cl)ccc1-c1nc2sc(N(C)C3CCN(C(=O)OC(C)(C)C)CC3)nc2s1.Cl.Cl.Cn1ccc(B(O)O)cc1=O. The number of rotatable bonds is 18. The lowest BCUT2D eigenvalue weighted by atomic mass is 9.81. The lowest BCUT2D eigenvalue weighted by Crippen LogP contribution is -2.47. The number of piperidine rings is 3. The maximum absolute atomic E-state index is 12.4. The highest BCUT2D eigenvalue weighted by Gasteiger charge is 2.33. The number of amides is 2. The predicted molar refractivity (Wildman–Crippen MR) is 484 cm³/mol. The number of fused-ring (bicyclic) bond motifs is 3. The number of carbonyl (C=O) groups excluding carboxylic acids is 2. The summed E-state index contributed by atoms with van der Waals surface area (Å²) in [6.45, 7) is 16.3. The zero-order valence-electron chi connectivity index (χ0n) is 68.3. The van der Waals surface area contributed by atoms with Gasteiger partial charge in [-0.2, -0.15) is 0 Å². The zero-order chi connectivity index (χ0) is 83.7. The van der Waals surface area contributed by atoms with Crippen LogP contribution in [0.3, 0.4) is 0 Å². The monoisotopic (exact) mass is 1800 g/mol. The van der Waals surface area contributed by atoms with Gasteiger partial charge in [0, 0.05) is 143 Å². The number of hydrogen-bond acceptors (Lipinski definition) is 30. The molecule has 3 aliphatic heterocycles. The summed E-state index contributed by atoms with van der Waals surface area (Å²) in [7, 11) is 12.9. The first-order valence-electron chi connectivity index (χ1n) is 37.8. The molecule has 3 aliphatic rings. The summed E-state index contributed by atoms with van der Waals surface area (Å²) in [6.07, 6.45) is 10.1. The number of carbonyl (C=O) groups is 2. The summed E-state index contributed by atoms with van der Waals surface area (Å²) in [5.41, 5.74) is 4.46. The summed E-state index contributed by atoms with van der Waals surface area (Å²) in [5, 5.41) is 37.2. The van der Waals surface area contributed by atoms with E-state index in [4.69, 9.17) is 80.0 Å². The van der Waals surface area contributed by atoms with Crippen LogP contribution in [0, 0.1) is 0 Å². The van der Waals surface area contributed by atoms with Gasteiger partial charge in [0.05, 0.1) is 16.7 Å². The smallest absolute Gasteiger partial charge is 0.488 e. The van der Waals surface area contributed by atoms with Crippen molar-refractivity contribution in [3.63, 3.8) is 0 Å². The highest BCUT2D eigenvalue weighted by molar-refractivity contribution is 7.31. The van der Waals surface area contributed by atoms with Crippen molar-refractivity contribution in [3.05, 3.63) is 146 Å². The van der Waals surface area contributed by atoms with Crippen molar-refractivity contribution in [1.29, 1.82) is 0 Å². The van der Waals surface area contributed by atoms with Crippen LogP contribution in [-0.2, 0) is 40.1 Å². The molecule has 0 saturated carbocycles. The fraction of sp³-hybridized carbons (Fsp3) is 0.412. The van der Waals surface area contributed by atoms with Crippen molar-refractivity contribution in [2.45, 2.75) is 109 Å². The Morgan fingerprint density at radius 2 is 0.840 bits per heavy atom. The lowest BCUT2D eigenvalue weighted by molar-refractivity contribution is 0.0195. The Morgan fingerprint density at radius 3 is 1.22 bits per heavy atom. The van der Waals surface area contributed by atoms with E-state index >= 15 is 0 Å². The van der Waals surface area contributed by atoms with Crippen LogP contribution in [0.25, 0.3) is 82.9 Å². The Bertz CT molecular complexity index is 5570. The van der Waals surface area contributed by atoms with Gasteiger partial charge in [0.25, 0.3) is 11.1 Å². The number of aromatic nitrogens is 9. The third-order valence-corrected chi connectivity index (χ3v) is 26.3. The fourth-order valence-electron chi connectivity index (χ4n) is 13.0. The van der Waals surface area contributed by atoms with Gasteiger partial charge in [0.1, 0.15) is 43.5 Å². The highest BCUT2D eigenvalue weighted by atomic mass is 35.5. The average Bonchev–Trinajstić information content (AvgIpc) is 1.76. The van der Waals surface area contributed by atoms with Gasteiger partial charge in [0.15, 0.2) is 58.0 Å². The summed E-state index contributed by atoms with van der Waals surface area (Å²) in [4.78, 5) is 104. The number of aromatic hydroxyl groups is 1. The molecule has 0 atom stereocenters. The number of likely N-dealkylation sites (tertiary alicyclic amines) is 2. The first-order chi connectivity index (χ1) is 55.8. The van der Waals surface area contributed by atoms with E-state index in [0.717, 1.165) is 144 Å². The van der Waals surface area contributed by atoms with Gasteiger partial charge in [0.2, 0.25) is 5.56 Å². The predicted octanol–water partition coefficient (Wildman–Crippen LogP) is 14.1. The molecule has 2 amide bonds. The largest absolute Gasteiger partial charge is 0.507 e. The van der Waals surface area contributed by atoms with Crippen molar-refractivity contribution >= 4 is 174 Å². The molecule has 9 aromatic heterocycles. The number of pyridine rings is 3. The lowest BCUT2D eigenvalue weighted by Gasteiger charge is -2.37. The number of aryl methyl sites for hydroxylation is 3. The van der Waals surface area contributed by atoms with E-state index in [2.05, 4.69) is 41.2 Å². The molecule has 39 heteroatoms. The molecular formula is C80H97BCl3N15O14S6. The molecule has 15 rings (SSSR count). The summed E-state index contributed by atoms with van der Waals surface area (Å²) < 4.78 is 37.2. The quantitative estimate of drug-likeness (QED) is 0.0458. The number of nitrogens with one attached hydrogen (secondary N) is 1. The minimum atomic E-state index is -1.57. The fourth-order valence-corrected chi connectivity index (χ4v) is 19.5. The van der Waals surface area contributed by atoms with Gasteiger partial charge < -0.3 is 87.1 Å². The van der Waals surface area contributed by atoms with E-state index in [0.29, 0.717) is 60.3 Å². The Balaban J connectivity index is 0.000000176. The Labute approximate surface area is 730 Å². The van der Waals surface area contributed by atoms with E-state index in [-0.39, 0.29) is 84.5 Å². The first kappa shape index (κ1) is 92.4. The molecule has 3 saturated heterocycles. The summed E-state index contributed by atoms with van der Waals surface area (Å²) in [5.74, 6) is 1.40. The van der Waals surface area contributed by atoms with Crippen LogP contribution in [0.2, 0.25) is 5.02 Å². The normalized spacial score (nSPS) is 14.1. The van der Waals surface area contributed by atoms with Crippen LogP contribution < -0.4 is 51.6 Å². The Morgan fingerprint density at radius 1 is 0.487 bits per heavy atom. The van der Waals surface area contributed by atoms with Gasteiger partial charge in [-0.15, -0.1) is 24.8 Å². The molecule has 3 fully saturated rings. The van der Waals surface area contributed by atoms with Crippen molar-refractivity contribution < 1.29 is 53.2 Å². The third-order valence-electron chi connectivity index (χ3n) is 19.6. The standard InChI is InChI=1S/C29H35N5O5S2.C23H29ClN4O4S2.C22H23N5O2S2.C6H8BNO3.2ClH/c1-29(2,3)39-28(36)34-13-10-20(11-14-34)33(5)27-31-26-25(41-27)30-24(40-26)21-8-7-18(15-22(21)38-17-37-6)19-9-12-32(4)23(35)16-19;1-23(2,3)32-22(29)28-10-8-15(9-11-28)27(4)21-26-20-19(34-21)25-18(33-20)16-7-6-14(24)12-17(16)31-13-30-5;1-26-10-7-14(12-18(26)29)13-3-4-16(17(28)11-13)19-24-20-21(30-19)25-22(31-20)27(2)15-5-8-23-9-6-15;1-8-3-2-5(7(10)11)4-6(8)9;;/h7-9,12,15-16,20H,10-11,13-14,17H2,1-6H3;6-7,12,15H,8-11,13H2,1-5H3;3-4,7,10-12,15,23,28H,5-6,8-9H2,1-2H3;2-4,10-11H,1H3;2*1H. The number of halogens is 3. The Hall–Kier alpha value is -8.86.